The molecule has 0 radical (unpaired) electrons. The molecule has 0 saturated carbocycles. The molecule has 0 atom stereocenters. The van der Waals surface area contributed by atoms with Gasteiger partial charge in [0, 0.05) is 6.20 Å². The Morgan fingerprint density at radius 1 is 1.25 bits per heavy atom. The molecule has 0 unspecified atom stereocenters. The number of aromatic nitrogens is 1. The molecule has 0 aliphatic rings. The molecule has 0 spiro atoms. The van der Waals surface area contributed by atoms with Crippen molar-refractivity contribution in [3.05, 3.63) is 29.6 Å². The van der Waals surface area contributed by atoms with E-state index in [0.717, 1.165) is 11.3 Å². The van der Waals surface area contributed by atoms with E-state index >= 15 is 0 Å². The van der Waals surface area contributed by atoms with Crippen LogP contribution in [0.3, 0.4) is 0 Å². The number of hydrogen-bond donors (Lipinski definition) is 0. The fourth-order valence-electron chi connectivity index (χ4n) is 1.16. The van der Waals surface area contributed by atoms with Crippen LogP contribution >= 0.6 is 0 Å². The van der Waals surface area contributed by atoms with Crippen LogP contribution in [0, 0.1) is 22.8 Å². The number of nitriles is 1. The van der Waals surface area contributed by atoms with E-state index in [1.165, 1.54) is 0 Å². The summed E-state index contributed by atoms with van der Waals surface area (Å²) in [6.45, 7) is 6.68. The summed E-state index contributed by atoms with van der Waals surface area (Å²) < 4.78 is 0. The highest BCUT2D eigenvalue weighted by Crippen LogP contribution is 2.02. The van der Waals surface area contributed by atoms with Gasteiger partial charge >= 0.3 is 0 Å². The van der Waals surface area contributed by atoms with Gasteiger partial charge in [-0.1, -0.05) is 25.7 Å². The van der Waals surface area contributed by atoms with Crippen molar-refractivity contribution >= 4 is 8.07 Å². The maximum absolute atomic E-state index is 8.52. The molecule has 0 amide bonds. The van der Waals surface area contributed by atoms with E-state index in [2.05, 4.69) is 42.2 Å². The van der Waals surface area contributed by atoms with E-state index in [1.54, 1.807) is 6.20 Å². The predicted molar refractivity (Wildman–Crippen MR) is 68.4 cm³/mol. The van der Waals surface area contributed by atoms with E-state index in [0.29, 0.717) is 12.8 Å². The Morgan fingerprint density at radius 2 is 2.00 bits per heavy atom. The largest absolute Gasteiger partial charge is 0.260 e. The van der Waals surface area contributed by atoms with Gasteiger partial charge in [-0.25, -0.2) is 0 Å². The van der Waals surface area contributed by atoms with Gasteiger partial charge in [0.05, 0.1) is 24.6 Å². The average molecular weight is 228 g/mol. The third-order valence-electron chi connectivity index (χ3n) is 1.90. The SMILES string of the molecule is C[Si](C)(C)C#CCc1ccc(CC#N)cn1. The second kappa shape index (κ2) is 5.49. The standard InChI is InChI=1S/C13H16N2Si/c1-16(2,3)10-4-5-13-7-6-12(8-9-14)11-15-13/h6-7,11H,5,8H2,1-3H3. The van der Waals surface area contributed by atoms with Gasteiger partial charge in [-0.3, -0.25) is 4.98 Å². The molecule has 0 aliphatic heterocycles. The predicted octanol–water partition coefficient (Wildman–Crippen LogP) is 2.57. The highest BCUT2D eigenvalue weighted by molar-refractivity contribution is 6.83. The van der Waals surface area contributed by atoms with Crippen molar-refractivity contribution in [1.29, 1.82) is 5.26 Å². The maximum Gasteiger partial charge on any atom is 0.129 e. The Morgan fingerprint density at radius 3 is 2.50 bits per heavy atom. The van der Waals surface area contributed by atoms with Crippen LogP contribution in [0.4, 0.5) is 0 Å². The Bertz CT molecular complexity index is 438. The third kappa shape index (κ3) is 4.77. The quantitative estimate of drug-likeness (QED) is 0.576. The van der Waals surface area contributed by atoms with Crippen molar-refractivity contribution in [2.75, 3.05) is 0 Å². The van der Waals surface area contributed by atoms with Crippen LogP contribution in [-0.2, 0) is 12.8 Å². The van der Waals surface area contributed by atoms with E-state index < -0.39 is 8.07 Å². The summed E-state index contributed by atoms with van der Waals surface area (Å²) in [5.41, 5.74) is 5.25. The van der Waals surface area contributed by atoms with Crippen molar-refractivity contribution in [2.45, 2.75) is 32.5 Å². The van der Waals surface area contributed by atoms with E-state index in [4.69, 9.17) is 5.26 Å². The molecular formula is C13H16N2Si. The fraction of sp³-hybridized carbons (Fsp3) is 0.385. The zero-order valence-corrected chi connectivity index (χ0v) is 11.0. The summed E-state index contributed by atoms with van der Waals surface area (Å²) in [5.74, 6) is 3.18. The molecule has 0 fully saturated rings. The minimum Gasteiger partial charge on any atom is -0.260 e. The van der Waals surface area contributed by atoms with Crippen molar-refractivity contribution in [3.63, 3.8) is 0 Å². The van der Waals surface area contributed by atoms with Gasteiger partial charge in [0.2, 0.25) is 0 Å². The Labute approximate surface area is 98.3 Å². The maximum atomic E-state index is 8.52. The molecule has 0 aromatic carbocycles. The van der Waals surface area contributed by atoms with Gasteiger partial charge in [0.15, 0.2) is 0 Å². The van der Waals surface area contributed by atoms with Crippen LogP contribution in [0.25, 0.3) is 0 Å². The summed E-state index contributed by atoms with van der Waals surface area (Å²) in [6.07, 6.45) is 2.89. The molecule has 0 saturated heterocycles. The fourth-order valence-corrected chi connectivity index (χ4v) is 1.77. The first-order valence-corrected chi connectivity index (χ1v) is 8.82. The second-order valence-corrected chi connectivity index (χ2v) is 9.47. The molecular weight excluding hydrogens is 212 g/mol. The first-order valence-electron chi connectivity index (χ1n) is 5.32. The smallest absolute Gasteiger partial charge is 0.129 e. The van der Waals surface area contributed by atoms with Crippen molar-refractivity contribution in [2.24, 2.45) is 0 Å². The summed E-state index contributed by atoms with van der Waals surface area (Å²) in [7, 11) is -1.27. The number of nitrogens with zero attached hydrogens (tertiary/aromatic N) is 2. The lowest BCUT2D eigenvalue weighted by Crippen LogP contribution is -2.16. The molecule has 1 aromatic rings. The van der Waals surface area contributed by atoms with Gasteiger partial charge in [0.1, 0.15) is 8.07 Å². The molecule has 16 heavy (non-hydrogen) atoms. The van der Waals surface area contributed by atoms with Crippen LogP contribution in [0.5, 0.6) is 0 Å². The zero-order valence-electron chi connectivity index (χ0n) is 10.0. The molecule has 82 valence electrons. The van der Waals surface area contributed by atoms with Crippen LogP contribution < -0.4 is 0 Å². The Hall–Kier alpha value is -1.58. The highest BCUT2D eigenvalue weighted by atomic mass is 28.3. The van der Waals surface area contributed by atoms with Crippen LogP contribution in [0.2, 0.25) is 19.6 Å². The average Bonchev–Trinajstić information content (AvgIpc) is 2.19. The van der Waals surface area contributed by atoms with Gasteiger partial charge in [0.25, 0.3) is 0 Å². The van der Waals surface area contributed by atoms with E-state index in [-0.39, 0.29) is 0 Å². The van der Waals surface area contributed by atoms with Crippen molar-refractivity contribution in [1.82, 2.24) is 4.98 Å². The molecule has 1 rings (SSSR count). The Kier molecular flexibility index (Phi) is 4.28. The zero-order chi connectivity index (χ0) is 12.0. The Balaban J connectivity index is 2.62. The van der Waals surface area contributed by atoms with Gasteiger partial charge in [-0.05, 0) is 11.6 Å². The topological polar surface area (TPSA) is 36.7 Å². The van der Waals surface area contributed by atoms with E-state index in [1.807, 2.05) is 12.1 Å². The molecule has 0 N–H and O–H groups in total. The minimum atomic E-state index is -1.27. The minimum absolute atomic E-state index is 0.424. The number of pyridine rings is 1. The molecule has 2 nitrogen and oxygen atoms in total. The molecule has 1 heterocycles. The summed E-state index contributed by atoms with van der Waals surface area (Å²) in [5, 5.41) is 8.52. The number of rotatable bonds is 2. The lowest BCUT2D eigenvalue weighted by atomic mass is 10.2. The normalized spacial score (nSPS) is 10.1. The molecule has 1 aromatic heterocycles. The molecule has 0 aliphatic carbocycles. The molecule has 0 bridgehead atoms. The van der Waals surface area contributed by atoms with Gasteiger partial charge in [-0.2, -0.15) is 5.26 Å². The summed E-state index contributed by atoms with van der Waals surface area (Å²) >= 11 is 0. The third-order valence-corrected chi connectivity index (χ3v) is 2.83. The van der Waals surface area contributed by atoms with Crippen LogP contribution in [0.15, 0.2) is 18.3 Å². The lowest BCUT2D eigenvalue weighted by molar-refractivity contribution is 1.09. The second-order valence-electron chi connectivity index (χ2n) is 4.72. The van der Waals surface area contributed by atoms with Gasteiger partial charge < -0.3 is 0 Å². The van der Waals surface area contributed by atoms with Gasteiger partial charge in [-0.15, -0.1) is 11.5 Å². The van der Waals surface area contributed by atoms with E-state index in [9.17, 15) is 0 Å². The number of hydrogen-bond acceptors (Lipinski definition) is 2. The summed E-state index contributed by atoms with van der Waals surface area (Å²) in [4.78, 5) is 4.28. The monoisotopic (exact) mass is 228 g/mol. The summed E-state index contributed by atoms with van der Waals surface area (Å²) in [6, 6.07) is 6.00. The van der Waals surface area contributed by atoms with Crippen LogP contribution in [-0.4, -0.2) is 13.1 Å². The lowest BCUT2D eigenvalue weighted by Gasteiger charge is -2.03. The molecule has 3 heteroatoms. The van der Waals surface area contributed by atoms with Crippen molar-refractivity contribution in [3.8, 4) is 17.5 Å². The first-order chi connectivity index (χ1) is 7.51. The van der Waals surface area contributed by atoms with Crippen LogP contribution in [0.1, 0.15) is 11.3 Å². The highest BCUT2D eigenvalue weighted by Gasteiger charge is 2.07. The van der Waals surface area contributed by atoms with Crippen molar-refractivity contribution < 1.29 is 0 Å². The first kappa shape index (κ1) is 12.5.